The molecule has 8 atom stereocenters. The highest BCUT2D eigenvalue weighted by atomic mass is 33.1. The zero-order chi connectivity index (χ0) is 50.5. The van der Waals surface area contributed by atoms with Gasteiger partial charge in [-0.25, -0.2) is 0 Å². The van der Waals surface area contributed by atoms with E-state index in [1.165, 1.54) is 31.3 Å². The number of nitrogens with one attached hydrogen (secondary N) is 7. The average molecular weight is 981 g/mol. The molecule has 1 fully saturated rings. The fourth-order valence-electron chi connectivity index (χ4n) is 6.37. The first kappa shape index (κ1) is 57.0. The molecule has 1 saturated heterocycles. The normalized spacial score (nSPS) is 22.3. The quantitative estimate of drug-likeness (QED) is 0.0622. The van der Waals surface area contributed by atoms with E-state index >= 15 is 0 Å². The van der Waals surface area contributed by atoms with Gasteiger partial charge in [0.25, 0.3) is 0 Å². The molecule has 1 aromatic rings. The molecule has 24 nitrogen and oxygen atoms in total. The molecule has 0 radical (unpaired) electrons. The van der Waals surface area contributed by atoms with E-state index in [0.717, 1.165) is 26.5 Å². The molecule has 1 heterocycles. The Hall–Kier alpha value is -6.15. The fourth-order valence-corrected chi connectivity index (χ4v) is 8.65. The van der Waals surface area contributed by atoms with Crippen LogP contribution in [0.15, 0.2) is 24.3 Å². The molecular formula is C41H64N12O12S2. The van der Waals surface area contributed by atoms with Gasteiger partial charge >= 0.3 is 0 Å². The monoisotopic (exact) mass is 980 g/mol. The first-order valence-electron chi connectivity index (χ1n) is 21.4. The molecule has 1 aliphatic heterocycles. The number of hydrogen-bond donors (Lipinski definition) is 12. The number of benzene rings is 1. The first-order valence-corrected chi connectivity index (χ1v) is 23.9. The smallest absolute Gasteiger partial charge is 0.246 e. The molecule has 0 bridgehead atoms. The Morgan fingerprint density at radius 2 is 1.36 bits per heavy atom. The standard InChI is InChI=1S/C41H64N12O12S2/c1-6-21(4)34-40(64)48-25(11-12-30(43)55)37(61)50-28(15-31(44)56)38(62)51-29(41(65)53(5)17-33(58)47-26(13-20(2)3)36(60)46-16-32(45)57)19-67-66-18-24(42)35(59)49-27(39(63)52-34)14-22-7-9-23(54)10-8-22/h7-10,20-21,24-29,34,54H,6,11-19,42H2,1-5H3,(H2,43,55)(H2,44,56)(H2,45,57)(H,46,60)(H,47,58)(H,48,64)(H,49,59)(H,50,61)(H,51,62)(H,52,63)/t21-,24+,25+,26-,27+,28-,29-,34-/m0/s1. The third-order valence-electron chi connectivity index (χ3n) is 10.2. The highest BCUT2D eigenvalue weighted by Gasteiger charge is 2.36. The van der Waals surface area contributed by atoms with Crippen LogP contribution >= 0.6 is 21.6 Å². The number of nitrogens with two attached hydrogens (primary N) is 4. The van der Waals surface area contributed by atoms with Gasteiger partial charge in [-0.3, -0.25) is 52.7 Å². The van der Waals surface area contributed by atoms with E-state index < -0.39 is 146 Å². The van der Waals surface area contributed by atoms with Crippen molar-refractivity contribution < 1.29 is 57.8 Å². The van der Waals surface area contributed by atoms with Crippen molar-refractivity contribution in [1.82, 2.24) is 42.1 Å². The Labute approximate surface area is 395 Å². The van der Waals surface area contributed by atoms with E-state index in [2.05, 4.69) is 37.2 Å². The molecule has 2 rings (SSSR count). The molecule has 0 saturated carbocycles. The molecule has 26 heteroatoms. The van der Waals surface area contributed by atoms with Gasteiger partial charge in [0.15, 0.2) is 0 Å². The Morgan fingerprint density at radius 3 is 1.94 bits per heavy atom. The van der Waals surface area contributed by atoms with Gasteiger partial charge in [-0.1, -0.05) is 67.8 Å². The van der Waals surface area contributed by atoms with Crippen LogP contribution in [-0.2, 0) is 59.2 Å². The van der Waals surface area contributed by atoms with Gasteiger partial charge in [-0.05, 0) is 42.4 Å². The largest absolute Gasteiger partial charge is 0.508 e. The third-order valence-corrected chi connectivity index (χ3v) is 12.7. The van der Waals surface area contributed by atoms with E-state index in [4.69, 9.17) is 22.9 Å². The number of carbonyl (C=O) groups excluding carboxylic acids is 11. The maximum atomic E-state index is 14.0. The number of primary amides is 3. The maximum absolute atomic E-state index is 14.0. The number of likely N-dealkylation sites (N-methyl/N-ethyl adjacent to an activating group) is 1. The van der Waals surface area contributed by atoms with Gasteiger partial charge in [-0.15, -0.1) is 0 Å². The van der Waals surface area contributed by atoms with E-state index in [0.29, 0.717) is 12.0 Å². The van der Waals surface area contributed by atoms with Gasteiger partial charge in [0, 0.05) is 31.4 Å². The van der Waals surface area contributed by atoms with Crippen LogP contribution in [0.1, 0.15) is 65.4 Å². The molecule has 16 N–H and O–H groups in total. The van der Waals surface area contributed by atoms with Crippen LogP contribution in [0.4, 0.5) is 0 Å². The Balaban J connectivity index is 2.58. The van der Waals surface area contributed by atoms with Crippen LogP contribution < -0.4 is 60.2 Å². The predicted octanol–water partition coefficient (Wildman–Crippen LogP) is -4.14. The van der Waals surface area contributed by atoms with Crippen molar-refractivity contribution in [3.05, 3.63) is 29.8 Å². The first-order chi connectivity index (χ1) is 31.4. The molecule has 0 spiro atoms. The summed E-state index contributed by atoms with van der Waals surface area (Å²) in [4.78, 5) is 146. The van der Waals surface area contributed by atoms with Crippen LogP contribution in [0.2, 0.25) is 0 Å². The number of phenols is 1. The van der Waals surface area contributed by atoms with Crippen molar-refractivity contribution >= 4 is 86.6 Å². The van der Waals surface area contributed by atoms with Crippen LogP contribution in [0, 0.1) is 11.8 Å². The van der Waals surface area contributed by atoms with Gasteiger partial charge in [0.2, 0.25) is 65.0 Å². The number of aromatic hydroxyl groups is 1. The molecule has 1 aliphatic rings. The Kier molecular flexibility index (Phi) is 23.9. The maximum Gasteiger partial charge on any atom is 0.246 e. The highest BCUT2D eigenvalue weighted by Crippen LogP contribution is 2.24. The van der Waals surface area contributed by atoms with Crippen LogP contribution in [-0.4, -0.2) is 149 Å². The number of rotatable bonds is 18. The van der Waals surface area contributed by atoms with Crippen molar-refractivity contribution in [3.63, 3.8) is 0 Å². The highest BCUT2D eigenvalue weighted by molar-refractivity contribution is 8.76. The minimum Gasteiger partial charge on any atom is -0.508 e. The summed E-state index contributed by atoms with van der Waals surface area (Å²) in [5, 5.41) is 27.3. The predicted molar refractivity (Wildman–Crippen MR) is 247 cm³/mol. The summed E-state index contributed by atoms with van der Waals surface area (Å²) < 4.78 is 0. The van der Waals surface area contributed by atoms with Gasteiger partial charge in [-0.2, -0.15) is 0 Å². The summed E-state index contributed by atoms with van der Waals surface area (Å²) in [5.41, 5.74) is 22.8. The third kappa shape index (κ3) is 20.5. The number of nitrogens with zero attached hydrogens (tertiary/aromatic N) is 1. The Morgan fingerprint density at radius 1 is 0.776 bits per heavy atom. The molecule has 0 aliphatic carbocycles. The summed E-state index contributed by atoms with van der Waals surface area (Å²) in [7, 11) is 3.23. The second kappa shape index (κ2) is 28.1. The lowest BCUT2D eigenvalue weighted by Crippen LogP contribution is -2.61. The van der Waals surface area contributed by atoms with Crippen molar-refractivity contribution in [1.29, 1.82) is 0 Å². The average Bonchev–Trinajstić information content (AvgIpc) is 3.25. The second-order valence-electron chi connectivity index (χ2n) is 16.5. The number of carbonyl (C=O) groups is 11. The fraction of sp³-hybridized carbons (Fsp3) is 0.585. The lowest BCUT2D eigenvalue weighted by Gasteiger charge is -2.30. The summed E-state index contributed by atoms with van der Waals surface area (Å²) >= 11 is 0. The molecule has 0 aromatic heterocycles. The molecule has 0 unspecified atom stereocenters. The number of hydrogen-bond acceptors (Lipinski definition) is 15. The summed E-state index contributed by atoms with van der Waals surface area (Å²) in [5.74, 6) is -10.7. The zero-order valence-corrected chi connectivity index (χ0v) is 39.7. The SMILES string of the molecule is CC[C@H](C)[C@@H]1NC(=O)[C@@H](Cc2ccc(O)cc2)NC(=O)[C@H](N)CSSC[C@@H](C(=O)N(C)CC(=O)N[C@@H](CC(C)C)C(=O)NCC(N)=O)NC(=O)[C@H](CC(N)=O)NC(=O)[C@@H](CCC(N)=O)NC1=O. The van der Waals surface area contributed by atoms with Crippen LogP contribution in [0.25, 0.3) is 0 Å². The van der Waals surface area contributed by atoms with Crippen LogP contribution in [0.3, 0.4) is 0 Å². The molecule has 1 aromatic carbocycles. The topological polar surface area (TPSA) is 400 Å². The van der Waals surface area contributed by atoms with Gasteiger partial charge < -0.3 is 70.2 Å². The number of amides is 11. The number of phenolic OH excluding ortho intramolecular Hbond substituents is 1. The molecule has 372 valence electrons. The van der Waals surface area contributed by atoms with Crippen molar-refractivity contribution in [3.8, 4) is 5.75 Å². The minimum absolute atomic E-state index is 0.0501. The molecule has 11 amide bonds. The van der Waals surface area contributed by atoms with Crippen molar-refractivity contribution in [2.75, 3.05) is 31.6 Å². The zero-order valence-electron chi connectivity index (χ0n) is 38.1. The second-order valence-corrected chi connectivity index (χ2v) is 19.0. The van der Waals surface area contributed by atoms with Gasteiger partial charge in [0.1, 0.15) is 42.0 Å². The summed E-state index contributed by atoms with van der Waals surface area (Å²) in [6, 6.07) is -4.02. The van der Waals surface area contributed by atoms with Crippen LogP contribution in [0.5, 0.6) is 5.75 Å². The van der Waals surface area contributed by atoms with E-state index in [-0.39, 0.29) is 36.0 Å². The van der Waals surface area contributed by atoms with Gasteiger partial charge in [0.05, 0.1) is 25.6 Å². The Bertz CT molecular complexity index is 1960. The summed E-state index contributed by atoms with van der Waals surface area (Å²) in [6.45, 7) is 5.85. The lowest BCUT2D eigenvalue weighted by atomic mass is 9.96. The van der Waals surface area contributed by atoms with E-state index in [9.17, 15) is 57.8 Å². The van der Waals surface area contributed by atoms with E-state index in [1.807, 2.05) is 0 Å². The minimum atomic E-state index is -1.76. The van der Waals surface area contributed by atoms with Crippen molar-refractivity contribution in [2.24, 2.45) is 34.8 Å². The lowest BCUT2D eigenvalue weighted by molar-refractivity contribution is -0.139. The van der Waals surface area contributed by atoms with E-state index in [1.54, 1.807) is 27.7 Å². The summed E-state index contributed by atoms with van der Waals surface area (Å²) in [6.07, 6.45) is -1.26. The van der Waals surface area contributed by atoms with Crippen molar-refractivity contribution in [2.45, 2.75) is 109 Å². The molecular weight excluding hydrogens is 917 g/mol. The molecule has 67 heavy (non-hydrogen) atoms.